The van der Waals surface area contributed by atoms with Gasteiger partial charge in [-0.25, -0.2) is 0 Å². The molecule has 0 aliphatic rings. The highest BCUT2D eigenvalue weighted by Crippen LogP contribution is 1.73. The maximum atomic E-state index is 4.59. The molecule has 0 unspecified atom stereocenters. The third-order valence-electron chi connectivity index (χ3n) is 0.426. The van der Waals surface area contributed by atoms with Crippen LogP contribution in [0.1, 0.15) is 20.3 Å². The Kier molecular flexibility index (Phi) is 4.87. The Labute approximate surface area is 44.7 Å². The van der Waals surface area contributed by atoms with Crippen LogP contribution in [-0.2, 0) is 4.74 Å². The van der Waals surface area contributed by atoms with E-state index in [0.29, 0.717) is 0 Å². The van der Waals surface area contributed by atoms with Gasteiger partial charge >= 0.3 is 0 Å². The molecular formula is C6H9O. The first-order valence-corrected chi connectivity index (χ1v) is 2.33. The maximum absolute atomic E-state index is 4.59. The Bertz CT molecular complexity index is 75.9. The highest BCUT2D eigenvalue weighted by molar-refractivity contribution is 4.89. The topological polar surface area (TPSA) is 9.23 Å². The zero-order valence-electron chi connectivity index (χ0n) is 4.69. The van der Waals surface area contributed by atoms with Crippen LogP contribution in [-0.4, -0.2) is 0 Å². The van der Waals surface area contributed by atoms with Crippen molar-refractivity contribution in [1.29, 1.82) is 0 Å². The van der Waals surface area contributed by atoms with Crippen LogP contribution in [0.25, 0.3) is 0 Å². The van der Waals surface area contributed by atoms with Crippen LogP contribution in [0.5, 0.6) is 0 Å². The van der Waals surface area contributed by atoms with Crippen molar-refractivity contribution in [2.45, 2.75) is 20.3 Å². The fourth-order valence-corrected chi connectivity index (χ4v) is 0.173. The first-order chi connectivity index (χ1) is 3.41. The smallest absolute Gasteiger partial charge is 0.145 e. The molecule has 1 nitrogen and oxygen atoms in total. The van der Waals surface area contributed by atoms with Crippen molar-refractivity contribution >= 4 is 0 Å². The van der Waals surface area contributed by atoms with E-state index in [1.807, 2.05) is 6.92 Å². The van der Waals surface area contributed by atoms with Crippen LogP contribution >= 0.6 is 0 Å². The Hall–Kier alpha value is -0.640. The monoisotopic (exact) mass is 97.1 g/mol. The highest BCUT2D eigenvalue weighted by Gasteiger charge is 1.64. The summed E-state index contributed by atoms with van der Waals surface area (Å²) in [5.41, 5.74) is 0. The van der Waals surface area contributed by atoms with E-state index in [4.69, 9.17) is 0 Å². The van der Waals surface area contributed by atoms with E-state index in [2.05, 4.69) is 16.8 Å². The molecule has 0 saturated heterocycles. The van der Waals surface area contributed by atoms with Gasteiger partial charge in [0.25, 0.3) is 0 Å². The van der Waals surface area contributed by atoms with Gasteiger partial charge in [0.05, 0.1) is 0 Å². The quantitative estimate of drug-likeness (QED) is 0.451. The molecule has 0 bridgehead atoms. The van der Waals surface area contributed by atoms with Gasteiger partial charge < -0.3 is 4.74 Å². The van der Waals surface area contributed by atoms with Crippen LogP contribution in [0.2, 0.25) is 0 Å². The van der Waals surface area contributed by atoms with E-state index in [-0.39, 0.29) is 0 Å². The molecule has 0 rings (SSSR count). The van der Waals surface area contributed by atoms with Crippen LogP contribution in [0.4, 0.5) is 0 Å². The predicted molar refractivity (Wildman–Crippen MR) is 29.1 cm³/mol. The summed E-state index contributed by atoms with van der Waals surface area (Å²) < 4.78 is 4.59. The fourth-order valence-electron chi connectivity index (χ4n) is 0.173. The van der Waals surface area contributed by atoms with Crippen LogP contribution in [0.3, 0.4) is 0 Å². The summed E-state index contributed by atoms with van der Waals surface area (Å²) in [4.78, 5) is 0. The van der Waals surface area contributed by atoms with Crippen LogP contribution < -0.4 is 0 Å². The molecular weight excluding hydrogens is 88.1 g/mol. The van der Waals surface area contributed by atoms with Crippen molar-refractivity contribution in [2.75, 3.05) is 0 Å². The van der Waals surface area contributed by atoms with Gasteiger partial charge in [-0.2, -0.15) is 0 Å². The SMILES string of the molecule is C[CH]OC#CCC. The minimum Gasteiger partial charge on any atom is -0.440 e. The normalized spacial score (nSPS) is 6.57. The summed E-state index contributed by atoms with van der Waals surface area (Å²) in [5, 5.41) is 0. The zero-order valence-corrected chi connectivity index (χ0v) is 4.69. The molecule has 0 aliphatic carbocycles. The molecule has 0 atom stereocenters. The summed E-state index contributed by atoms with van der Waals surface area (Å²) in [5.74, 6) is 2.75. The molecule has 7 heavy (non-hydrogen) atoms. The molecule has 0 saturated carbocycles. The summed E-state index contributed by atoms with van der Waals surface area (Å²) in [6, 6.07) is 0. The van der Waals surface area contributed by atoms with E-state index in [9.17, 15) is 0 Å². The van der Waals surface area contributed by atoms with Gasteiger partial charge in [0.15, 0.2) is 0 Å². The number of rotatable bonds is 1. The molecule has 1 heteroatoms. The van der Waals surface area contributed by atoms with Crippen LogP contribution in [0, 0.1) is 18.6 Å². The molecule has 0 amide bonds. The zero-order chi connectivity index (χ0) is 5.54. The summed E-state index contributed by atoms with van der Waals surface area (Å²) >= 11 is 0. The van der Waals surface area contributed by atoms with Crippen molar-refractivity contribution in [3.63, 3.8) is 0 Å². The van der Waals surface area contributed by atoms with E-state index >= 15 is 0 Å². The van der Waals surface area contributed by atoms with E-state index in [0.717, 1.165) is 6.42 Å². The van der Waals surface area contributed by atoms with Crippen molar-refractivity contribution in [2.24, 2.45) is 0 Å². The first kappa shape index (κ1) is 6.36. The summed E-state index contributed by atoms with van der Waals surface area (Å²) in [6.07, 6.45) is 3.33. The lowest BCUT2D eigenvalue weighted by Gasteiger charge is -1.80. The van der Waals surface area contributed by atoms with Crippen molar-refractivity contribution in [3.05, 3.63) is 6.61 Å². The highest BCUT2D eigenvalue weighted by atomic mass is 16.5. The lowest BCUT2D eigenvalue weighted by atomic mass is 10.5. The number of hydrogen-bond acceptors (Lipinski definition) is 1. The van der Waals surface area contributed by atoms with E-state index < -0.39 is 0 Å². The second-order valence-electron chi connectivity index (χ2n) is 0.986. The van der Waals surface area contributed by atoms with Crippen molar-refractivity contribution in [1.82, 2.24) is 0 Å². The average Bonchev–Trinajstić information content (AvgIpc) is 1.69. The lowest BCUT2D eigenvalue weighted by molar-refractivity contribution is 0.374. The molecule has 0 heterocycles. The Morgan fingerprint density at radius 2 is 2.43 bits per heavy atom. The summed E-state index contributed by atoms with van der Waals surface area (Å²) in [7, 11) is 0. The average molecular weight is 97.1 g/mol. The predicted octanol–water partition coefficient (Wildman–Crippen LogP) is 1.56. The summed E-state index contributed by atoms with van der Waals surface area (Å²) in [6.45, 7) is 5.33. The lowest BCUT2D eigenvalue weighted by Crippen LogP contribution is -1.67. The molecule has 0 spiro atoms. The molecule has 0 aromatic heterocycles. The van der Waals surface area contributed by atoms with Gasteiger partial charge in [0, 0.05) is 6.42 Å². The van der Waals surface area contributed by atoms with Gasteiger partial charge in [-0.05, 0) is 6.92 Å². The minimum absolute atomic E-state index is 0.855. The first-order valence-electron chi connectivity index (χ1n) is 2.33. The second-order valence-corrected chi connectivity index (χ2v) is 0.986. The van der Waals surface area contributed by atoms with Gasteiger partial charge in [-0.3, -0.25) is 0 Å². The van der Waals surface area contributed by atoms with Crippen molar-refractivity contribution < 1.29 is 4.74 Å². The second kappa shape index (κ2) is 5.36. The van der Waals surface area contributed by atoms with Crippen molar-refractivity contribution in [3.8, 4) is 12.0 Å². The molecule has 0 aromatic carbocycles. The Balaban J connectivity index is 2.91. The minimum atomic E-state index is 0.855. The largest absolute Gasteiger partial charge is 0.440 e. The molecule has 0 fully saturated rings. The maximum Gasteiger partial charge on any atom is 0.145 e. The van der Waals surface area contributed by atoms with E-state index in [1.54, 1.807) is 13.5 Å². The molecule has 0 aliphatic heterocycles. The van der Waals surface area contributed by atoms with E-state index in [1.165, 1.54) is 0 Å². The third kappa shape index (κ3) is 5.36. The van der Waals surface area contributed by atoms with Gasteiger partial charge in [0.2, 0.25) is 0 Å². The third-order valence-corrected chi connectivity index (χ3v) is 0.426. The fraction of sp³-hybridized carbons (Fsp3) is 0.500. The Morgan fingerprint density at radius 3 is 2.86 bits per heavy atom. The molecule has 39 valence electrons. The number of hydrogen-bond donors (Lipinski definition) is 0. The van der Waals surface area contributed by atoms with Gasteiger partial charge in [-0.15, -0.1) is 0 Å². The molecule has 1 radical (unpaired) electrons. The molecule has 0 N–H and O–H groups in total. The Morgan fingerprint density at radius 1 is 1.71 bits per heavy atom. The standard InChI is InChI=1S/C6H9O/c1-3-5-6-7-4-2/h4H,3H2,1-2H3. The van der Waals surface area contributed by atoms with Crippen LogP contribution in [0.15, 0.2) is 0 Å². The van der Waals surface area contributed by atoms with Gasteiger partial charge in [0.1, 0.15) is 12.7 Å². The number of ether oxygens (including phenoxy) is 1. The van der Waals surface area contributed by atoms with Gasteiger partial charge in [-0.1, -0.05) is 12.8 Å². The molecule has 0 aromatic rings.